The second kappa shape index (κ2) is 8.84. The Labute approximate surface area is 181 Å². The van der Waals surface area contributed by atoms with E-state index in [2.05, 4.69) is 21.2 Å². The second-order valence-corrected chi connectivity index (χ2v) is 9.15. The van der Waals surface area contributed by atoms with Crippen LogP contribution in [0.5, 0.6) is 5.75 Å². The van der Waals surface area contributed by atoms with Gasteiger partial charge in [0.05, 0.1) is 16.6 Å². The van der Waals surface area contributed by atoms with E-state index in [4.69, 9.17) is 22.1 Å². The number of rotatable bonds is 7. The number of hydrogen-bond donors (Lipinski definition) is 2. The number of carbonyl (C=O) groups is 2. The lowest BCUT2D eigenvalue weighted by atomic mass is 10.1. The molecular weight excluding hydrogens is 464 g/mol. The summed E-state index contributed by atoms with van der Waals surface area (Å²) < 4.78 is 6.63. The molecule has 0 radical (unpaired) electrons. The largest absolute Gasteiger partial charge is 0.492 e. The molecule has 2 aromatic rings. The van der Waals surface area contributed by atoms with Crippen LogP contribution in [0.3, 0.4) is 0 Å². The third-order valence-corrected chi connectivity index (χ3v) is 7.57. The summed E-state index contributed by atoms with van der Waals surface area (Å²) in [5.74, 6) is 0.0930. The Kier molecular flexibility index (Phi) is 6.68. The van der Waals surface area contributed by atoms with Gasteiger partial charge in [-0.15, -0.1) is 11.3 Å². The minimum absolute atomic E-state index is 0.145. The molecule has 1 aromatic heterocycles. The van der Waals surface area contributed by atoms with Crippen molar-refractivity contribution in [2.45, 2.75) is 46.0 Å². The van der Waals surface area contributed by atoms with Crippen LogP contribution in [-0.4, -0.2) is 18.4 Å². The maximum atomic E-state index is 12.3. The molecule has 5 nitrogen and oxygen atoms in total. The van der Waals surface area contributed by atoms with E-state index in [9.17, 15) is 9.59 Å². The number of amides is 2. The molecule has 0 spiro atoms. The lowest BCUT2D eigenvalue weighted by molar-refractivity contribution is -0.116. The van der Waals surface area contributed by atoms with Crippen LogP contribution in [0.1, 0.15) is 51.2 Å². The lowest BCUT2D eigenvalue weighted by Gasteiger charge is -2.13. The molecule has 0 saturated carbocycles. The molecule has 3 N–H and O–H groups in total. The highest BCUT2D eigenvalue weighted by Gasteiger charge is 2.26. The van der Waals surface area contributed by atoms with E-state index in [1.165, 1.54) is 11.3 Å². The standard InChI is InChI=1S/C20H22BrClN2O3S/c1-10-9-13(17(21)11(2)18(10)22)27-8-4-7-15(25)24-20-16(19(23)26)12-5-3-6-14(12)28-20/h9H,3-8H2,1-2H3,(H2,23,26)(H,24,25). The molecule has 2 amide bonds. The quantitative estimate of drug-likeness (QED) is 0.531. The van der Waals surface area contributed by atoms with Gasteiger partial charge in [0, 0.05) is 16.3 Å². The molecule has 1 aliphatic rings. The summed E-state index contributed by atoms with van der Waals surface area (Å²) >= 11 is 11.2. The van der Waals surface area contributed by atoms with Crippen molar-refractivity contribution in [3.8, 4) is 5.75 Å². The number of nitrogens with two attached hydrogens (primary N) is 1. The normalized spacial score (nSPS) is 12.7. The van der Waals surface area contributed by atoms with Gasteiger partial charge in [-0.25, -0.2) is 0 Å². The number of hydrogen-bond acceptors (Lipinski definition) is 4. The Morgan fingerprint density at radius 3 is 2.82 bits per heavy atom. The maximum Gasteiger partial charge on any atom is 0.251 e. The van der Waals surface area contributed by atoms with Gasteiger partial charge < -0.3 is 15.8 Å². The van der Waals surface area contributed by atoms with Gasteiger partial charge in [0.15, 0.2) is 0 Å². The Hall–Kier alpha value is -1.57. The van der Waals surface area contributed by atoms with E-state index >= 15 is 0 Å². The van der Waals surface area contributed by atoms with Crippen LogP contribution < -0.4 is 15.8 Å². The van der Waals surface area contributed by atoms with E-state index in [1.807, 2.05) is 19.9 Å². The maximum absolute atomic E-state index is 12.3. The lowest BCUT2D eigenvalue weighted by Crippen LogP contribution is -2.18. The molecule has 3 rings (SSSR count). The topological polar surface area (TPSA) is 81.4 Å². The SMILES string of the molecule is Cc1cc(OCCCC(=O)Nc2sc3c(c2C(N)=O)CCC3)c(Br)c(C)c1Cl. The monoisotopic (exact) mass is 484 g/mol. The number of primary amides is 1. The first-order valence-corrected chi connectivity index (χ1v) is 11.1. The van der Waals surface area contributed by atoms with E-state index in [0.717, 1.165) is 45.3 Å². The highest BCUT2D eigenvalue weighted by molar-refractivity contribution is 9.10. The van der Waals surface area contributed by atoms with Gasteiger partial charge in [-0.2, -0.15) is 0 Å². The highest BCUT2D eigenvalue weighted by atomic mass is 79.9. The van der Waals surface area contributed by atoms with E-state index in [0.29, 0.717) is 40.8 Å². The molecule has 28 heavy (non-hydrogen) atoms. The Morgan fingerprint density at radius 1 is 1.36 bits per heavy atom. The van der Waals surface area contributed by atoms with Crippen LogP contribution >= 0.6 is 38.9 Å². The van der Waals surface area contributed by atoms with Crippen molar-refractivity contribution >= 4 is 55.7 Å². The summed E-state index contributed by atoms with van der Waals surface area (Å²) in [6.45, 7) is 4.25. The first kappa shape index (κ1) is 21.1. The molecule has 150 valence electrons. The third kappa shape index (κ3) is 4.36. The fourth-order valence-electron chi connectivity index (χ4n) is 3.36. The number of ether oxygens (including phenoxy) is 1. The summed E-state index contributed by atoms with van der Waals surface area (Å²) in [4.78, 5) is 25.3. The average molecular weight is 486 g/mol. The fraction of sp³-hybridized carbons (Fsp3) is 0.400. The number of halogens is 2. The molecule has 0 fully saturated rings. The fourth-order valence-corrected chi connectivity index (χ4v) is 5.36. The predicted molar refractivity (Wildman–Crippen MR) is 117 cm³/mol. The van der Waals surface area contributed by atoms with Gasteiger partial charge in [-0.1, -0.05) is 11.6 Å². The summed E-state index contributed by atoms with van der Waals surface area (Å²) in [5, 5.41) is 4.15. The van der Waals surface area contributed by atoms with Crippen LogP contribution in [0.2, 0.25) is 5.02 Å². The van der Waals surface area contributed by atoms with Crippen LogP contribution in [-0.2, 0) is 17.6 Å². The van der Waals surface area contributed by atoms with Crippen LogP contribution in [0, 0.1) is 13.8 Å². The number of anilines is 1. The Bertz CT molecular complexity index is 942. The molecule has 0 bridgehead atoms. The second-order valence-electron chi connectivity index (χ2n) is 6.87. The zero-order chi connectivity index (χ0) is 20.4. The number of carbonyl (C=O) groups excluding carboxylic acids is 2. The number of nitrogens with one attached hydrogen (secondary N) is 1. The minimum Gasteiger partial charge on any atom is -0.492 e. The zero-order valence-electron chi connectivity index (χ0n) is 15.8. The molecule has 1 aromatic carbocycles. The van der Waals surface area contributed by atoms with E-state index in [1.54, 1.807) is 0 Å². The van der Waals surface area contributed by atoms with Crippen molar-refractivity contribution in [2.75, 3.05) is 11.9 Å². The van der Waals surface area contributed by atoms with Crippen LogP contribution in [0.25, 0.3) is 0 Å². The van der Waals surface area contributed by atoms with Crippen molar-refractivity contribution in [1.29, 1.82) is 0 Å². The summed E-state index contributed by atoms with van der Waals surface area (Å²) in [6, 6.07) is 1.88. The Morgan fingerprint density at radius 2 is 2.11 bits per heavy atom. The molecule has 0 saturated heterocycles. The first-order chi connectivity index (χ1) is 13.3. The summed E-state index contributed by atoms with van der Waals surface area (Å²) in [6.07, 6.45) is 3.67. The number of aryl methyl sites for hydroxylation is 2. The molecular formula is C20H22BrClN2O3S. The van der Waals surface area contributed by atoms with Gasteiger partial charge in [0.2, 0.25) is 5.91 Å². The van der Waals surface area contributed by atoms with E-state index < -0.39 is 5.91 Å². The summed E-state index contributed by atoms with van der Waals surface area (Å²) in [7, 11) is 0. The van der Waals surface area contributed by atoms with Crippen molar-refractivity contribution in [1.82, 2.24) is 0 Å². The number of thiophene rings is 1. The van der Waals surface area contributed by atoms with Gasteiger partial charge >= 0.3 is 0 Å². The van der Waals surface area contributed by atoms with Crippen LogP contribution in [0.4, 0.5) is 5.00 Å². The molecule has 8 heteroatoms. The van der Waals surface area contributed by atoms with Gasteiger partial charge in [0.1, 0.15) is 10.8 Å². The molecule has 1 aliphatic carbocycles. The van der Waals surface area contributed by atoms with Crippen LogP contribution in [0.15, 0.2) is 10.5 Å². The predicted octanol–water partition coefficient (Wildman–Crippen LogP) is 5.17. The summed E-state index contributed by atoms with van der Waals surface area (Å²) in [5.41, 5.74) is 8.89. The van der Waals surface area contributed by atoms with Crippen molar-refractivity contribution in [2.24, 2.45) is 5.73 Å². The Balaban J connectivity index is 1.54. The molecule has 0 aliphatic heterocycles. The number of fused-ring (bicyclic) bond motifs is 1. The van der Waals surface area contributed by atoms with Gasteiger partial charge in [0.25, 0.3) is 5.91 Å². The molecule has 0 unspecified atom stereocenters. The zero-order valence-corrected chi connectivity index (χ0v) is 18.9. The van der Waals surface area contributed by atoms with Gasteiger partial charge in [-0.3, -0.25) is 9.59 Å². The number of benzene rings is 1. The van der Waals surface area contributed by atoms with Crippen molar-refractivity contribution in [3.63, 3.8) is 0 Å². The van der Waals surface area contributed by atoms with Crippen molar-refractivity contribution in [3.05, 3.63) is 42.7 Å². The molecule has 0 atom stereocenters. The average Bonchev–Trinajstić information content (AvgIpc) is 3.21. The first-order valence-electron chi connectivity index (χ1n) is 9.11. The van der Waals surface area contributed by atoms with E-state index in [-0.39, 0.29) is 5.91 Å². The smallest absolute Gasteiger partial charge is 0.251 e. The van der Waals surface area contributed by atoms with Gasteiger partial charge in [-0.05, 0) is 78.2 Å². The third-order valence-electron chi connectivity index (χ3n) is 4.80. The van der Waals surface area contributed by atoms with Crippen molar-refractivity contribution < 1.29 is 14.3 Å². The highest BCUT2D eigenvalue weighted by Crippen LogP contribution is 2.39. The molecule has 1 heterocycles. The minimum atomic E-state index is -0.476.